The first kappa shape index (κ1) is 20.9. The molecule has 2 aromatic carbocycles. The third-order valence-corrected chi connectivity index (χ3v) is 6.02. The van der Waals surface area contributed by atoms with Crippen molar-refractivity contribution >= 4 is 51.8 Å². The van der Waals surface area contributed by atoms with E-state index in [1.165, 1.54) is 0 Å². The highest BCUT2D eigenvalue weighted by Crippen LogP contribution is 2.34. The summed E-state index contributed by atoms with van der Waals surface area (Å²) in [5.41, 5.74) is 2.41. The van der Waals surface area contributed by atoms with E-state index >= 15 is 0 Å². The molecular formula is C21H20Cl2F2N4O. The Labute approximate surface area is 182 Å². The van der Waals surface area contributed by atoms with Gasteiger partial charge in [-0.3, -0.25) is 4.79 Å². The van der Waals surface area contributed by atoms with E-state index in [2.05, 4.69) is 15.6 Å². The van der Waals surface area contributed by atoms with Gasteiger partial charge in [-0.25, -0.2) is 13.8 Å². The number of fused-ring (bicyclic) bond motifs is 1. The summed E-state index contributed by atoms with van der Waals surface area (Å²) in [6, 6.07) is 10.1. The quantitative estimate of drug-likeness (QED) is 0.515. The second-order valence-corrected chi connectivity index (χ2v) is 8.34. The van der Waals surface area contributed by atoms with Crippen molar-refractivity contribution in [1.82, 2.24) is 14.9 Å². The van der Waals surface area contributed by atoms with Crippen LogP contribution in [-0.4, -0.2) is 27.4 Å². The van der Waals surface area contributed by atoms with Gasteiger partial charge in [0.05, 0.1) is 26.8 Å². The maximum absolute atomic E-state index is 13.3. The van der Waals surface area contributed by atoms with Crippen molar-refractivity contribution < 1.29 is 13.6 Å². The highest BCUT2D eigenvalue weighted by molar-refractivity contribution is 6.39. The molecule has 0 saturated heterocycles. The van der Waals surface area contributed by atoms with Crippen LogP contribution in [-0.2, 0) is 7.05 Å². The lowest BCUT2D eigenvalue weighted by atomic mass is 9.92. The molecule has 1 saturated carbocycles. The molecule has 0 bridgehead atoms. The number of aryl methyl sites for hydroxylation is 1. The van der Waals surface area contributed by atoms with Gasteiger partial charge < -0.3 is 15.2 Å². The van der Waals surface area contributed by atoms with Gasteiger partial charge in [-0.05, 0) is 43.2 Å². The topological polar surface area (TPSA) is 59.0 Å². The summed E-state index contributed by atoms with van der Waals surface area (Å²) in [4.78, 5) is 17.2. The Bertz CT molecular complexity index is 1090. The fourth-order valence-electron chi connectivity index (χ4n) is 3.64. The first-order chi connectivity index (χ1) is 14.2. The van der Waals surface area contributed by atoms with Crippen LogP contribution < -0.4 is 10.6 Å². The van der Waals surface area contributed by atoms with Crippen LogP contribution in [0, 0.1) is 0 Å². The number of hydrogen-bond acceptors (Lipinski definition) is 3. The molecule has 1 fully saturated rings. The maximum Gasteiger partial charge on any atom is 0.251 e. The maximum atomic E-state index is 13.3. The molecule has 3 aromatic rings. The Morgan fingerprint density at radius 2 is 1.83 bits per heavy atom. The van der Waals surface area contributed by atoms with Crippen molar-refractivity contribution in [2.45, 2.75) is 37.6 Å². The molecule has 1 amide bonds. The fraction of sp³-hybridized carbons (Fsp3) is 0.333. The number of halogens is 4. The average Bonchev–Trinajstić information content (AvgIpc) is 3.01. The van der Waals surface area contributed by atoms with E-state index in [1.54, 1.807) is 36.4 Å². The van der Waals surface area contributed by atoms with Crippen LogP contribution in [0.2, 0.25) is 10.0 Å². The molecule has 4 rings (SSSR count). The Morgan fingerprint density at radius 3 is 2.50 bits per heavy atom. The minimum absolute atomic E-state index is 0.198. The van der Waals surface area contributed by atoms with Crippen molar-refractivity contribution in [1.29, 1.82) is 0 Å². The lowest BCUT2D eigenvalue weighted by Crippen LogP contribution is -2.40. The van der Waals surface area contributed by atoms with Gasteiger partial charge in [-0.15, -0.1) is 0 Å². The molecule has 9 heteroatoms. The van der Waals surface area contributed by atoms with E-state index in [0.29, 0.717) is 32.8 Å². The minimum atomic E-state index is -2.62. The van der Waals surface area contributed by atoms with E-state index in [9.17, 15) is 13.6 Å². The summed E-state index contributed by atoms with van der Waals surface area (Å²) in [7, 11) is 1.84. The summed E-state index contributed by atoms with van der Waals surface area (Å²) in [6.45, 7) is 0. The first-order valence-electron chi connectivity index (χ1n) is 9.60. The van der Waals surface area contributed by atoms with Crippen molar-refractivity contribution in [3.8, 4) is 0 Å². The lowest BCUT2D eigenvalue weighted by molar-refractivity contribution is -0.0399. The van der Waals surface area contributed by atoms with Gasteiger partial charge in [0.25, 0.3) is 5.91 Å². The first-order valence-corrected chi connectivity index (χ1v) is 10.4. The molecule has 1 aliphatic carbocycles. The van der Waals surface area contributed by atoms with Gasteiger partial charge in [0.15, 0.2) is 0 Å². The van der Waals surface area contributed by atoms with Gasteiger partial charge in [-0.2, -0.15) is 0 Å². The van der Waals surface area contributed by atoms with Crippen LogP contribution in [0.3, 0.4) is 0 Å². The van der Waals surface area contributed by atoms with Gasteiger partial charge in [0.2, 0.25) is 11.9 Å². The molecule has 30 heavy (non-hydrogen) atoms. The molecule has 0 aliphatic heterocycles. The third kappa shape index (κ3) is 4.23. The Kier molecular flexibility index (Phi) is 5.59. The molecular weight excluding hydrogens is 433 g/mol. The summed E-state index contributed by atoms with van der Waals surface area (Å²) < 4.78 is 28.5. The molecule has 2 N–H and O–H groups in total. The van der Waals surface area contributed by atoms with Crippen molar-refractivity contribution in [2.24, 2.45) is 7.05 Å². The third-order valence-electron chi connectivity index (χ3n) is 5.39. The molecule has 1 aromatic heterocycles. The molecule has 5 nitrogen and oxygen atoms in total. The normalized spacial score (nSPS) is 16.6. The molecule has 0 spiro atoms. The predicted molar refractivity (Wildman–Crippen MR) is 115 cm³/mol. The van der Waals surface area contributed by atoms with E-state index in [0.717, 1.165) is 5.52 Å². The number of para-hydroxylation sites is 1. The summed E-state index contributed by atoms with van der Waals surface area (Å²) >= 11 is 12.4. The number of nitrogens with one attached hydrogen (secondary N) is 2. The monoisotopic (exact) mass is 452 g/mol. The van der Waals surface area contributed by atoms with Crippen LogP contribution in [0.4, 0.5) is 20.4 Å². The van der Waals surface area contributed by atoms with E-state index < -0.39 is 5.92 Å². The zero-order valence-electron chi connectivity index (χ0n) is 16.2. The van der Waals surface area contributed by atoms with Gasteiger partial charge >= 0.3 is 0 Å². The number of carbonyl (C=O) groups excluding carboxylic acids is 1. The average molecular weight is 453 g/mol. The van der Waals surface area contributed by atoms with Gasteiger partial charge in [0.1, 0.15) is 0 Å². The summed E-state index contributed by atoms with van der Waals surface area (Å²) in [5, 5.41) is 6.92. The van der Waals surface area contributed by atoms with Crippen LogP contribution in [0.5, 0.6) is 0 Å². The van der Waals surface area contributed by atoms with E-state index in [4.69, 9.17) is 23.2 Å². The molecule has 0 radical (unpaired) electrons. The Morgan fingerprint density at radius 1 is 1.17 bits per heavy atom. The number of amides is 1. The number of benzene rings is 2. The SMILES string of the molecule is Cn1c(Nc2c(Cl)cccc2Cl)nc2cc(C(=O)NC3CCC(F)(F)CC3)ccc21. The minimum Gasteiger partial charge on any atom is -0.349 e. The van der Waals surface area contributed by atoms with Gasteiger partial charge in [0, 0.05) is 31.5 Å². The number of carbonyl (C=O) groups is 1. The van der Waals surface area contributed by atoms with E-state index in [-0.39, 0.29) is 37.6 Å². The Hall–Kier alpha value is -2.38. The van der Waals surface area contributed by atoms with Crippen LogP contribution in [0.15, 0.2) is 36.4 Å². The number of anilines is 2. The number of nitrogens with zero attached hydrogens (tertiary/aromatic N) is 2. The molecule has 0 atom stereocenters. The molecule has 1 heterocycles. The number of imidazole rings is 1. The summed E-state index contributed by atoms with van der Waals surface area (Å²) in [6.07, 6.45) is 0.155. The number of rotatable bonds is 4. The highest BCUT2D eigenvalue weighted by Gasteiger charge is 2.35. The zero-order valence-corrected chi connectivity index (χ0v) is 17.7. The molecule has 0 unspecified atom stereocenters. The standard InChI is InChI=1S/C21H20Cl2F2N4O/c1-29-17-6-5-12(19(30)26-13-7-9-21(24,25)10-8-13)11-16(17)27-20(29)28-18-14(22)3-2-4-15(18)23/h2-6,11,13H,7-10H2,1H3,(H,26,30)(H,27,28). The van der Waals surface area contributed by atoms with Crippen LogP contribution in [0.25, 0.3) is 11.0 Å². The second-order valence-electron chi connectivity index (χ2n) is 7.52. The zero-order chi connectivity index (χ0) is 21.5. The number of aromatic nitrogens is 2. The highest BCUT2D eigenvalue weighted by atomic mass is 35.5. The molecule has 1 aliphatic rings. The largest absolute Gasteiger partial charge is 0.349 e. The predicted octanol–water partition coefficient (Wildman–Crippen LogP) is 5.93. The molecule has 158 valence electrons. The van der Waals surface area contributed by atoms with Crippen molar-refractivity contribution in [2.75, 3.05) is 5.32 Å². The Balaban J connectivity index is 1.54. The smallest absolute Gasteiger partial charge is 0.251 e. The lowest BCUT2D eigenvalue weighted by Gasteiger charge is -2.28. The number of alkyl halides is 2. The number of hydrogen-bond donors (Lipinski definition) is 2. The van der Waals surface area contributed by atoms with Crippen molar-refractivity contribution in [3.05, 3.63) is 52.0 Å². The summed E-state index contributed by atoms with van der Waals surface area (Å²) in [5.74, 6) is -2.39. The van der Waals surface area contributed by atoms with Crippen molar-refractivity contribution in [3.63, 3.8) is 0 Å². The van der Waals surface area contributed by atoms with Gasteiger partial charge in [-0.1, -0.05) is 29.3 Å². The fourth-order valence-corrected chi connectivity index (χ4v) is 4.13. The van der Waals surface area contributed by atoms with Crippen LogP contribution in [0.1, 0.15) is 36.0 Å². The second kappa shape index (κ2) is 8.04. The van der Waals surface area contributed by atoms with E-state index in [1.807, 2.05) is 11.6 Å². The van der Waals surface area contributed by atoms with Crippen LogP contribution >= 0.6 is 23.2 Å².